The Kier molecular flexibility index (Phi) is 10.7. The third-order valence-electron chi connectivity index (χ3n) is 11.6. The Labute approximate surface area is 321 Å². The number of rotatable bonds is 3. The number of benzene rings is 2. The van der Waals surface area contributed by atoms with Crippen LogP contribution in [0.3, 0.4) is 0 Å². The van der Waals surface area contributed by atoms with E-state index in [0.717, 1.165) is 37.8 Å². The van der Waals surface area contributed by atoms with Crippen molar-refractivity contribution in [1.29, 1.82) is 0 Å². The number of amides is 3. The minimum absolute atomic E-state index is 0.142. The molecule has 290 valence electrons. The fourth-order valence-corrected chi connectivity index (χ4v) is 10.9. The summed E-state index contributed by atoms with van der Waals surface area (Å²) in [5.41, 5.74) is 3.07. The van der Waals surface area contributed by atoms with Gasteiger partial charge < -0.3 is 24.8 Å². The summed E-state index contributed by atoms with van der Waals surface area (Å²) in [7, 11) is -0.766. The van der Waals surface area contributed by atoms with Gasteiger partial charge in [0.25, 0.3) is 5.91 Å². The van der Waals surface area contributed by atoms with Crippen LogP contribution in [0.5, 0.6) is 5.75 Å². The number of ether oxygens (including phenoxy) is 2. The zero-order valence-electron chi connectivity index (χ0n) is 31.1. The van der Waals surface area contributed by atoms with Gasteiger partial charge in [-0.1, -0.05) is 36.7 Å². The van der Waals surface area contributed by atoms with Crippen LogP contribution in [-0.4, -0.2) is 96.2 Å². The van der Waals surface area contributed by atoms with E-state index in [0.29, 0.717) is 30.5 Å². The van der Waals surface area contributed by atoms with E-state index in [9.17, 15) is 23.7 Å². The smallest absolute Gasteiger partial charge is 0.286 e. The van der Waals surface area contributed by atoms with E-state index in [1.165, 1.54) is 30.2 Å². The fourth-order valence-electron chi connectivity index (χ4n) is 8.76. The second-order valence-electron chi connectivity index (χ2n) is 15.6. The molecule has 8 atom stereocenters. The quantitative estimate of drug-likeness (QED) is 0.390. The van der Waals surface area contributed by atoms with Gasteiger partial charge in [0.2, 0.25) is 17.7 Å². The van der Waals surface area contributed by atoms with E-state index in [1.54, 1.807) is 38.2 Å². The number of methoxy groups -OCH3 is 1. The molecule has 3 aliphatic heterocycles. The lowest BCUT2D eigenvalue weighted by atomic mass is 9.69. The molecule has 0 aromatic heterocycles. The van der Waals surface area contributed by atoms with Crippen molar-refractivity contribution < 1.29 is 33.2 Å². The van der Waals surface area contributed by atoms with Crippen LogP contribution in [0.1, 0.15) is 61.0 Å². The number of allylic oxidation sites excluding steroid dienone is 1. The molecule has 7 rings (SSSR count). The SMILES string of the molecule is COC1=NN(C)CC1C(=O)NS1(=O)=NC(=O)c2ccc3c(c2)N(C[C@@H]2CC[C@H]2/C=C/[C@@H](O)[C@H](NC(C)=O)[C@H](C)C1)C[C@@]1(CCCc2cc(Cl)ccc21)CO3. The summed E-state index contributed by atoms with van der Waals surface area (Å²) in [5, 5.41) is 20.8. The zero-order valence-corrected chi connectivity index (χ0v) is 32.7. The number of fused-ring (bicyclic) bond motifs is 4. The van der Waals surface area contributed by atoms with Crippen molar-refractivity contribution in [1.82, 2.24) is 15.0 Å². The average Bonchev–Trinajstić information content (AvgIpc) is 3.43. The van der Waals surface area contributed by atoms with Crippen molar-refractivity contribution in [2.75, 3.05) is 51.1 Å². The number of hydrazone groups is 1. The summed E-state index contributed by atoms with van der Waals surface area (Å²) in [6, 6.07) is 10.4. The van der Waals surface area contributed by atoms with E-state index < -0.39 is 45.7 Å². The first-order chi connectivity index (χ1) is 25.8. The molecule has 2 unspecified atom stereocenters. The Hall–Kier alpha value is -4.14. The first-order valence-corrected chi connectivity index (χ1v) is 20.7. The van der Waals surface area contributed by atoms with Crippen molar-refractivity contribution in [3.8, 4) is 5.75 Å². The van der Waals surface area contributed by atoms with Gasteiger partial charge in [0.05, 0.1) is 43.8 Å². The molecule has 2 aromatic carbocycles. The highest BCUT2D eigenvalue weighted by Gasteiger charge is 2.44. The van der Waals surface area contributed by atoms with Crippen LogP contribution in [0.2, 0.25) is 5.02 Å². The third kappa shape index (κ3) is 7.70. The molecule has 3 N–H and O–H groups in total. The lowest BCUT2D eigenvalue weighted by Crippen LogP contribution is -2.50. The summed E-state index contributed by atoms with van der Waals surface area (Å²) in [5.74, 6) is -2.52. The van der Waals surface area contributed by atoms with Crippen LogP contribution in [-0.2, 0) is 36.1 Å². The Bertz CT molecular complexity index is 2020. The maximum atomic E-state index is 14.8. The van der Waals surface area contributed by atoms with Gasteiger partial charge in [-0.3, -0.25) is 24.1 Å². The topological polar surface area (TPSA) is 162 Å². The van der Waals surface area contributed by atoms with Gasteiger partial charge in [-0.2, -0.15) is 0 Å². The van der Waals surface area contributed by atoms with Gasteiger partial charge in [-0.05, 0) is 91.3 Å². The highest BCUT2D eigenvalue weighted by atomic mass is 35.5. The predicted molar refractivity (Wildman–Crippen MR) is 207 cm³/mol. The molecule has 1 fully saturated rings. The number of aryl methyl sites for hydroxylation is 1. The van der Waals surface area contributed by atoms with Crippen LogP contribution < -0.4 is 19.7 Å². The number of halogens is 1. The van der Waals surface area contributed by atoms with Crippen molar-refractivity contribution in [2.24, 2.45) is 33.1 Å². The van der Waals surface area contributed by atoms with Crippen molar-refractivity contribution >= 4 is 50.8 Å². The molecular formula is C39H49ClN6O7S. The number of nitrogens with one attached hydrogen (secondary N) is 2. The maximum Gasteiger partial charge on any atom is 0.286 e. The fraction of sp³-hybridized carbons (Fsp3) is 0.538. The van der Waals surface area contributed by atoms with Gasteiger partial charge in [-0.25, -0.2) is 4.21 Å². The number of hydrogen-bond acceptors (Lipinski definition) is 10. The zero-order chi connectivity index (χ0) is 38.4. The minimum Gasteiger partial charge on any atom is -0.490 e. The third-order valence-corrected chi connectivity index (χ3v) is 13.8. The minimum atomic E-state index is -3.85. The van der Waals surface area contributed by atoms with Crippen LogP contribution in [0.4, 0.5) is 5.69 Å². The molecule has 15 heteroatoms. The van der Waals surface area contributed by atoms with Gasteiger partial charge in [0.15, 0.2) is 0 Å². The first kappa shape index (κ1) is 38.1. The van der Waals surface area contributed by atoms with Crippen LogP contribution in [0.15, 0.2) is 58.0 Å². The highest BCUT2D eigenvalue weighted by molar-refractivity contribution is 7.92. The number of aliphatic hydroxyl groups is 1. The van der Waals surface area contributed by atoms with Gasteiger partial charge in [0, 0.05) is 43.1 Å². The van der Waals surface area contributed by atoms with Crippen molar-refractivity contribution in [3.05, 3.63) is 70.3 Å². The second kappa shape index (κ2) is 15.2. The summed E-state index contributed by atoms with van der Waals surface area (Å²) in [4.78, 5) is 42.6. The second-order valence-corrected chi connectivity index (χ2v) is 18.0. The Morgan fingerprint density at radius 3 is 2.70 bits per heavy atom. The molecule has 5 aliphatic rings. The average molecular weight is 781 g/mol. The molecular weight excluding hydrogens is 732 g/mol. The summed E-state index contributed by atoms with van der Waals surface area (Å²) in [6.45, 7) is 5.00. The Morgan fingerprint density at radius 1 is 1.15 bits per heavy atom. The Morgan fingerprint density at radius 2 is 1.96 bits per heavy atom. The number of nitrogens with zero attached hydrogens (tertiary/aromatic N) is 4. The number of carbonyl (C=O) groups is 3. The largest absolute Gasteiger partial charge is 0.490 e. The molecule has 54 heavy (non-hydrogen) atoms. The molecule has 1 spiro atoms. The predicted octanol–water partition coefficient (Wildman–Crippen LogP) is 4.07. The molecule has 2 bridgehead atoms. The lowest BCUT2D eigenvalue weighted by molar-refractivity contribution is -0.122. The molecule has 2 aromatic rings. The Balaban J connectivity index is 1.31. The lowest BCUT2D eigenvalue weighted by Gasteiger charge is -2.44. The molecule has 3 heterocycles. The van der Waals surface area contributed by atoms with E-state index in [-0.39, 0.29) is 46.9 Å². The van der Waals surface area contributed by atoms with Crippen LogP contribution >= 0.6 is 11.6 Å². The summed E-state index contributed by atoms with van der Waals surface area (Å²) >= 11 is 6.45. The van der Waals surface area contributed by atoms with Crippen LogP contribution in [0.25, 0.3) is 0 Å². The van der Waals surface area contributed by atoms with Crippen LogP contribution in [0, 0.1) is 23.7 Å². The molecule has 2 aliphatic carbocycles. The van der Waals surface area contributed by atoms with E-state index >= 15 is 0 Å². The summed E-state index contributed by atoms with van der Waals surface area (Å²) in [6.07, 6.45) is 7.38. The number of anilines is 1. The van der Waals surface area contributed by atoms with Gasteiger partial charge in [0.1, 0.15) is 21.6 Å². The number of carbonyl (C=O) groups excluding carboxylic acids is 3. The molecule has 3 amide bonds. The van der Waals surface area contributed by atoms with Gasteiger partial charge in [-0.15, -0.1) is 9.46 Å². The molecule has 0 saturated heterocycles. The first-order valence-electron chi connectivity index (χ1n) is 18.6. The standard InChI is InChI=1S/C39H49ClN6O7S/c1-23-20-54(51,44-37(50)30-19-45(3)42-38(30)52-4)43-36(49)27-10-14-34-32(17-27)46(18-28-8-7-25(28)9-13-33(48)35(23)41-24(2)47)21-39(22-53-34)15-5-6-26-16-29(40)11-12-31(26)39/h9-14,16-17,23,25,28,30,33,35,48H,5-8,15,18-22H2,1-4H3,(H,41,47)(H,43,44,49,50,51)/b13-9+/t23-,25+,28+,30?,33-,35-,39+,54?/m1/s1. The van der Waals surface area contributed by atoms with E-state index in [1.807, 2.05) is 12.1 Å². The molecule has 1 saturated carbocycles. The van der Waals surface area contributed by atoms with Crippen molar-refractivity contribution in [3.63, 3.8) is 0 Å². The summed E-state index contributed by atoms with van der Waals surface area (Å²) < 4.78 is 33.6. The monoisotopic (exact) mass is 780 g/mol. The highest BCUT2D eigenvalue weighted by Crippen LogP contribution is 2.46. The van der Waals surface area contributed by atoms with E-state index in [4.69, 9.17) is 21.1 Å². The number of aliphatic hydroxyl groups excluding tert-OH is 1. The molecule has 0 radical (unpaired) electrons. The van der Waals surface area contributed by atoms with E-state index in [2.05, 4.69) is 36.5 Å². The number of hydrogen-bond donors (Lipinski definition) is 3. The van der Waals surface area contributed by atoms with Crippen molar-refractivity contribution in [2.45, 2.75) is 63.5 Å². The normalized spacial score (nSPS) is 32.8. The molecule has 13 nitrogen and oxygen atoms in total. The van der Waals surface area contributed by atoms with Gasteiger partial charge >= 0.3 is 0 Å². The maximum absolute atomic E-state index is 14.8.